The number of aliphatic hydroxyl groups is 1. The summed E-state index contributed by atoms with van der Waals surface area (Å²) >= 11 is 0. The third kappa shape index (κ3) is 2.28. The van der Waals surface area contributed by atoms with Crippen LogP contribution in [0, 0.1) is 0 Å². The van der Waals surface area contributed by atoms with Gasteiger partial charge >= 0.3 is 0 Å². The summed E-state index contributed by atoms with van der Waals surface area (Å²) in [7, 11) is 3.01. The first kappa shape index (κ1) is 11.1. The molecule has 0 amide bonds. The molecule has 0 unspecified atom stereocenters. The van der Waals surface area contributed by atoms with E-state index < -0.39 is 0 Å². The first-order valence-electron chi connectivity index (χ1n) is 4.28. The van der Waals surface area contributed by atoms with Crippen molar-refractivity contribution in [3.63, 3.8) is 0 Å². The summed E-state index contributed by atoms with van der Waals surface area (Å²) in [4.78, 5) is 10.7. The van der Waals surface area contributed by atoms with Crippen LogP contribution < -0.4 is 9.47 Å². The van der Waals surface area contributed by atoms with Crippen LogP contribution in [0.5, 0.6) is 11.5 Å². The van der Waals surface area contributed by atoms with Crippen LogP contribution in [0.4, 0.5) is 0 Å². The van der Waals surface area contributed by atoms with Crippen LogP contribution in [0.3, 0.4) is 0 Å². The molecule has 0 radical (unpaired) electrons. The average Bonchev–Trinajstić information content (AvgIpc) is 2.30. The van der Waals surface area contributed by atoms with Gasteiger partial charge in [0.2, 0.25) is 0 Å². The van der Waals surface area contributed by atoms with Gasteiger partial charge in [-0.25, -0.2) is 0 Å². The Bertz CT molecular complexity index is 382. The maximum atomic E-state index is 10.7. The van der Waals surface area contributed by atoms with E-state index in [1.807, 2.05) is 0 Å². The van der Waals surface area contributed by atoms with Crippen molar-refractivity contribution >= 4 is 11.9 Å². The van der Waals surface area contributed by atoms with Gasteiger partial charge in [0.05, 0.1) is 26.1 Å². The number of hydrogen-bond donors (Lipinski definition) is 1. The molecule has 0 spiro atoms. The predicted octanol–water partition coefficient (Wildman–Crippen LogP) is 1.80. The molecule has 80 valence electrons. The largest absolute Gasteiger partial charge is 0.515 e. The van der Waals surface area contributed by atoms with Gasteiger partial charge in [0.15, 0.2) is 6.29 Å². The van der Waals surface area contributed by atoms with E-state index in [2.05, 4.69) is 0 Å². The Labute approximate surface area is 87.7 Å². The van der Waals surface area contributed by atoms with Crippen molar-refractivity contribution in [3.05, 3.63) is 30.0 Å². The first-order chi connectivity index (χ1) is 7.26. The Balaban J connectivity index is 3.28. The molecule has 4 heteroatoms. The second kappa shape index (κ2) is 5.05. The lowest BCUT2D eigenvalue weighted by molar-refractivity contribution is -0.103. The lowest BCUT2D eigenvalue weighted by Gasteiger charge is -2.09. The van der Waals surface area contributed by atoms with Crippen molar-refractivity contribution in [3.8, 4) is 11.5 Å². The van der Waals surface area contributed by atoms with Crippen LogP contribution in [0.1, 0.15) is 5.56 Å². The molecule has 1 N–H and O–H groups in total. The Morgan fingerprint density at radius 3 is 2.53 bits per heavy atom. The highest BCUT2D eigenvalue weighted by Gasteiger charge is 2.09. The van der Waals surface area contributed by atoms with Crippen molar-refractivity contribution in [2.24, 2.45) is 0 Å². The molecule has 0 aliphatic carbocycles. The van der Waals surface area contributed by atoms with Gasteiger partial charge in [0.1, 0.15) is 11.5 Å². The second-order valence-electron chi connectivity index (χ2n) is 2.77. The highest BCUT2D eigenvalue weighted by atomic mass is 16.5. The van der Waals surface area contributed by atoms with Crippen LogP contribution in [0.15, 0.2) is 24.5 Å². The van der Waals surface area contributed by atoms with Crippen molar-refractivity contribution in [1.82, 2.24) is 0 Å². The minimum Gasteiger partial charge on any atom is -0.515 e. The fourth-order valence-electron chi connectivity index (χ4n) is 1.20. The molecule has 4 nitrogen and oxygen atoms in total. The zero-order valence-electron chi connectivity index (χ0n) is 8.56. The summed E-state index contributed by atoms with van der Waals surface area (Å²) in [6.07, 6.45) is 1.29. The Morgan fingerprint density at radius 1 is 1.33 bits per heavy atom. The third-order valence-electron chi connectivity index (χ3n) is 1.98. The molecular formula is C11H12O4. The van der Waals surface area contributed by atoms with Gasteiger partial charge in [-0.15, -0.1) is 0 Å². The molecule has 0 heterocycles. The molecule has 15 heavy (non-hydrogen) atoms. The molecule has 0 aromatic heterocycles. The number of rotatable bonds is 4. The molecule has 0 saturated carbocycles. The number of ether oxygens (including phenoxy) is 2. The van der Waals surface area contributed by atoms with Crippen molar-refractivity contribution in [2.45, 2.75) is 0 Å². The summed E-state index contributed by atoms with van der Waals surface area (Å²) in [5, 5.41) is 8.87. The van der Waals surface area contributed by atoms with Crippen molar-refractivity contribution < 1.29 is 19.4 Å². The van der Waals surface area contributed by atoms with Gasteiger partial charge < -0.3 is 14.6 Å². The molecule has 0 aliphatic heterocycles. The molecule has 0 atom stereocenters. The molecule has 1 aromatic carbocycles. The highest BCUT2D eigenvalue weighted by molar-refractivity contribution is 6.07. The molecule has 0 bridgehead atoms. The highest BCUT2D eigenvalue weighted by Crippen LogP contribution is 2.28. The number of carbonyl (C=O) groups excluding carboxylic acids is 1. The number of aliphatic hydroxyl groups excluding tert-OH is 1. The van der Waals surface area contributed by atoms with Crippen LogP contribution in [0.2, 0.25) is 0 Å². The van der Waals surface area contributed by atoms with E-state index in [1.54, 1.807) is 18.2 Å². The normalized spacial score (nSPS) is 10.9. The SMILES string of the molecule is COc1ccc(OC)c(/C(C=O)=C/O)c1. The molecule has 1 aromatic rings. The number of carbonyl (C=O) groups is 1. The molecule has 0 fully saturated rings. The topological polar surface area (TPSA) is 55.8 Å². The molecule has 0 aliphatic rings. The molecule has 0 saturated heterocycles. The van der Waals surface area contributed by atoms with E-state index >= 15 is 0 Å². The quantitative estimate of drug-likeness (QED) is 0.465. The van der Waals surface area contributed by atoms with Crippen LogP contribution in [0.25, 0.3) is 5.57 Å². The second-order valence-corrected chi connectivity index (χ2v) is 2.77. The number of benzene rings is 1. The number of aldehydes is 1. The number of methoxy groups -OCH3 is 2. The van der Waals surface area contributed by atoms with E-state index in [1.165, 1.54) is 14.2 Å². The van der Waals surface area contributed by atoms with Crippen molar-refractivity contribution in [2.75, 3.05) is 14.2 Å². The summed E-state index contributed by atoms with van der Waals surface area (Å²) in [6.45, 7) is 0. The maximum Gasteiger partial charge on any atom is 0.153 e. The Morgan fingerprint density at radius 2 is 2.07 bits per heavy atom. The lowest BCUT2D eigenvalue weighted by atomic mass is 10.1. The van der Waals surface area contributed by atoms with E-state index in [0.717, 1.165) is 6.26 Å². The number of allylic oxidation sites excluding steroid dienone is 1. The summed E-state index contributed by atoms with van der Waals surface area (Å²) in [6, 6.07) is 5.00. The fraction of sp³-hybridized carbons (Fsp3) is 0.182. The van der Waals surface area contributed by atoms with Crippen molar-refractivity contribution in [1.29, 1.82) is 0 Å². The van der Waals surface area contributed by atoms with Gasteiger partial charge in [0, 0.05) is 5.56 Å². The average molecular weight is 208 g/mol. The smallest absolute Gasteiger partial charge is 0.153 e. The Hall–Kier alpha value is -1.97. The van der Waals surface area contributed by atoms with Crippen LogP contribution >= 0.6 is 0 Å². The number of hydrogen-bond acceptors (Lipinski definition) is 4. The minimum atomic E-state index is 0.144. The van der Waals surface area contributed by atoms with Gasteiger partial charge in [0.25, 0.3) is 0 Å². The summed E-state index contributed by atoms with van der Waals surface area (Å²) < 4.78 is 10.1. The Kier molecular flexibility index (Phi) is 3.74. The van der Waals surface area contributed by atoms with Crippen LogP contribution in [-0.4, -0.2) is 25.6 Å². The van der Waals surface area contributed by atoms with E-state index in [0.29, 0.717) is 23.3 Å². The first-order valence-corrected chi connectivity index (χ1v) is 4.28. The predicted molar refractivity (Wildman–Crippen MR) is 56.2 cm³/mol. The van der Waals surface area contributed by atoms with E-state index in [9.17, 15) is 4.79 Å². The van der Waals surface area contributed by atoms with Gasteiger partial charge in [-0.3, -0.25) is 4.79 Å². The zero-order chi connectivity index (χ0) is 11.3. The van der Waals surface area contributed by atoms with Gasteiger partial charge in [-0.05, 0) is 18.2 Å². The van der Waals surface area contributed by atoms with Gasteiger partial charge in [-0.2, -0.15) is 0 Å². The zero-order valence-corrected chi connectivity index (χ0v) is 8.56. The van der Waals surface area contributed by atoms with E-state index in [-0.39, 0.29) is 5.57 Å². The monoisotopic (exact) mass is 208 g/mol. The minimum absolute atomic E-state index is 0.144. The third-order valence-corrected chi connectivity index (χ3v) is 1.98. The summed E-state index contributed by atoms with van der Waals surface area (Å²) in [5.41, 5.74) is 0.639. The molecule has 1 rings (SSSR count). The fourth-order valence-corrected chi connectivity index (χ4v) is 1.20. The van der Waals surface area contributed by atoms with Crippen LogP contribution in [-0.2, 0) is 4.79 Å². The van der Waals surface area contributed by atoms with E-state index in [4.69, 9.17) is 14.6 Å². The lowest BCUT2D eigenvalue weighted by Crippen LogP contribution is -1.94. The standard InChI is InChI=1S/C11H12O4/c1-14-9-3-4-11(15-2)10(5-9)8(6-12)7-13/h3-7,12H,1-2H3/b8-6+. The summed E-state index contributed by atoms with van der Waals surface area (Å²) in [5.74, 6) is 1.09. The van der Waals surface area contributed by atoms with Gasteiger partial charge in [-0.1, -0.05) is 0 Å². The molecular weight excluding hydrogens is 196 g/mol. The maximum absolute atomic E-state index is 10.7.